The van der Waals surface area contributed by atoms with Gasteiger partial charge in [0.05, 0.1) is 11.7 Å². The molecule has 1 fully saturated rings. The lowest BCUT2D eigenvalue weighted by molar-refractivity contribution is 0.00818. The number of alkyl halides is 3. The molecule has 5 heterocycles. The number of pyridine rings is 1. The van der Waals surface area contributed by atoms with Gasteiger partial charge in [-0.05, 0) is 31.5 Å². The molecule has 10 nitrogen and oxygen atoms in total. The van der Waals surface area contributed by atoms with Gasteiger partial charge in [-0.25, -0.2) is 14.8 Å². The number of aromatic nitrogens is 4. The van der Waals surface area contributed by atoms with Crippen LogP contribution in [0.1, 0.15) is 23.8 Å². The molecule has 2 bridgehead atoms. The van der Waals surface area contributed by atoms with Crippen LogP contribution in [0, 0.1) is 0 Å². The van der Waals surface area contributed by atoms with Crippen molar-refractivity contribution in [3.8, 4) is 0 Å². The van der Waals surface area contributed by atoms with Crippen molar-refractivity contribution in [1.29, 1.82) is 0 Å². The highest BCUT2D eigenvalue weighted by atomic mass is 19.4. The van der Waals surface area contributed by atoms with Crippen LogP contribution in [0.25, 0.3) is 11.0 Å². The molecule has 2 aliphatic heterocycles. The number of fused-ring (bicyclic) bond motifs is 5. The Morgan fingerprint density at radius 1 is 1.24 bits per heavy atom. The van der Waals surface area contributed by atoms with Gasteiger partial charge < -0.3 is 15.2 Å². The molecule has 0 aliphatic carbocycles. The fourth-order valence-corrected chi connectivity index (χ4v) is 3.90. The van der Waals surface area contributed by atoms with E-state index in [9.17, 15) is 22.8 Å². The maximum Gasteiger partial charge on any atom is 0.379 e. The van der Waals surface area contributed by atoms with Gasteiger partial charge in [0.1, 0.15) is 11.3 Å². The van der Waals surface area contributed by atoms with E-state index in [-0.39, 0.29) is 29.6 Å². The standard InChI is InChI=1S/C19H20N8O2.CHF3/c1-2-20-17(28)13-3-4-14-16(23-13)27(12-6-8-26(14)10-12)19(29)25-18-22-9-11-5-7-21-15(11)24-18;2-1(3)4/h3-5,7,9,12H,2,6,8,10H2,1H3,(H,20,28)(H2,21,22,24,25,29);1H. The van der Waals surface area contributed by atoms with Gasteiger partial charge in [0, 0.05) is 37.4 Å². The molecule has 1 unspecified atom stereocenters. The Bertz CT molecular complexity index is 1170. The Morgan fingerprint density at radius 3 is 2.79 bits per heavy atom. The second-order valence-corrected chi connectivity index (χ2v) is 7.31. The van der Waals surface area contributed by atoms with Crippen LogP contribution < -0.4 is 20.4 Å². The zero-order valence-corrected chi connectivity index (χ0v) is 17.6. The molecule has 0 aromatic carbocycles. The number of hydrogen-bond donors (Lipinski definition) is 3. The maximum atomic E-state index is 13.2. The number of carbonyl (C=O) groups excluding carboxylic acids is 2. The smallest absolute Gasteiger partial charge is 0.366 e. The minimum Gasteiger partial charge on any atom is -0.366 e. The molecular weight excluding hydrogens is 441 g/mol. The van der Waals surface area contributed by atoms with Gasteiger partial charge in [0.2, 0.25) is 5.95 Å². The highest BCUT2D eigenvalue weighted by Gasteiger charge is 2.40. The van der Waals surface area contributed by atoms with Crippen LogP contribution in [-0.4, -0.2) is 64.2 Å². The summed E-state index contributed by atoms with van der Waals surface area (Å²) in [5, 5.41) is 6.39. The lowest BCUT2D eigenvalue weighted by Crippen LogP contribution is -2.48. The molecule has 3 amide bonds. The van der Waals surface area contributed by atoms with E-state index in [0.29, 0.717) is 18.0 Å². The van der Waals surface area contributed by atoms with Crippen molar-refractivity contribution in [3.05, 3.63) is 36.3 Å². The molecule has 13 heteroatoms. The lowest BCUT2D eigenvalue weighted by atomic mass is 10.1. The van der Waals surface area contributed by atoms with Gasteiger partial charge >= 0.3 is 12.7 Å². The SMILES string of the molecule is CCNC(=O)c1ccc2c(n1)N(C(=O)Nc1ncc3cc[nH]c3n1)C1CCN2C1.FC(F)F. The lowest BCUT2D eigenvalue weighted by Gasteiger charge is -2.35. The van der Waals surface area contributed by atoms with Crippen molar-refractivity contribution in [3.63, 3.8) is 0 Å². The third-order valence-corrected chi connectivity index (χ3v) is 5.26. The molecule has 5 rings (SSSR count). The molecule has 33 heavy (non-hydrogen) atoms. The minimum absolute atomic E-state index is 0.0197. The van der Waals surface area contributed by atoms with E-state index >= 15 is 0 Å². The third-order valence-electron chi connectivity index (χ3n) is 5.26. The van der Waals surface area contributed by atoms with Crippen molar-refractivity contribution in [2.75, 3.05) is 34.8 Å². The molecule has 3 N–H and O–H groups in total. The quantitative estimate of drug-likeness (QED) is 0.551. The molecule has 1 saturated heterocycles. The number of nitrogens with one attached hydrogen (secondary N) is 3. The van der Waals surface area contributed by atoms with Gasteiger partial charge in [-0.3, -0.25) is 15.0 Å². The van der Waals surface area contributed by atoms with E-state index in [4.69, 9.17) is 0 Å². The number of nitrogens with zero attached hydrogens (tertiary/aromatic N) is 5. The van der Waals surface area contributed by atoms with Crippen molar-refractivity contribution >= 4 is 40.4 Å². The molecule has 0 radical (unpaired) electrons. The number of hydrogen-bond acceptors (Lipinski definition) is 6. The van der Waals surface area contributed by atoms with Crippen molar-refractivity contribution < 1.29 is 22.8 Å². The summed E-state index contributed by atoms with van der Waals surface area (Å²) in [5.41, 5.74) is 1.79. The Morgan fingerprint density at radius 2 is 2.03 bits per heavy atom. The molecule has 3 aromatic rings. The first-order valence-corrected chi connectivity index (χ1v) is 10.2. The third kappa shape index (κ3) is 4.66. The van der Waals surface area contributed by atoms with Crippen molar-refractivity contribution in [1.82, 2.24) is 25.3 Å². The predicted octanol–water partition coefficient (Wildman–Crippen LogP) is 2.91. The summed E-state index contributed by atoms with van der Waals surface area (Å²) in [4.78, 5) is 45.3. The number of H-pyrrole nitrogens is 1. The van der Waals surface area contributed by atoms with Crippen LogP contribution in [-0.2, 0) is 0 Å². The summed E-state index contributed by atoms with van der Waals surface area (Å²) in [7, 11) is 0. The van der Waals surface area contributed by atoms with E-state index in [1.54, 1.807) is 23.4 Å². The summed E-state index contributed by atoms with van der Waals surface area (Å²) in [6.45, 7) is 0.270. The number of amides is 3. The first-order chi connectivity index (χ1) is 15.9. The van der Waals surface area contributed by atoms with Crippen LogP contribution in [0.3, 0.4) is 0 Å². The normalized spacial score (nSPS) is 16.3. The Labute approximate surface area is 186 Å². The van der Waals surface area contributed by atoms with E-state index < -0.39 is 6.68 Å². The predicted molar refractivity (Wildman–Crippen MR) is 115 cm³/mol. The number of aromatic amines is 1. The Balaban J connectivity index is 0.000000601. The molecule has 3 aromatic heterocycles. The van der Waals surface area contributed by atoms with Gasteiger partial charge in [-0.1, -0.05) is 0 Å². The van der Waals surface area contributed by atoms with Gasteiger partial charge in [-0.15, -0.1) is 0 Å². The molecule has 0 spiro atoms. The van der Waals surface area contributed by atoms with E-state index in [0.717, 1.165) is 30.6 Å². The fraction of sp³-hybridized carbons (Fsp3) is 0.350. The minimum atomic E-state index is -3.67. The summed E-state index contributed by atoms with van der Waals surface area (Å²) < 4.78 is 29.0. The van der Waals surface area contributed by atoms with Crippen LogP contribution >= 0.6 is 0 Å². The largest absolute Gasteiger partial charge is 0.379 e. The molecule has 1 atom stereocenters. The zero-order chi connectivity index (χ0) is 23.5. The number of anilines is 3. The number of halogens is 3. The summed E-state index contributed by atoms with van der Waals surface area (Å²) in [5.74, 6) is 0.442. The van der Waals surface area contributed by atoms with Crippen LogP contribution in [0.2, 0.25) is 0 Å². The van der Waals surface area contributed by atoms with Crippen LogP contribution in [0.15, 0.2) is 30.6 Å². The first kappa shape index (κ1) is 22.3. The summed E-state index contributed by atoms with van der Waals surface area (Å²) in [6, 6.07) is 5.04. The average molecular weight is 462 g/mol. The maximum absolute atomic E-state index is 13.2. The van der Waals surface area contributed by atoms with E-state index in [1.165, 1.54) is 0 Å². The average Bonchev–Trinajstić information content (AvgIpc) is 3.41. The number of urea groups is 1. The topological polar surface area (TPSA) is 119 Å². The highest BCUT2D eigenvalue weighted by molar-refractivity contribution is 6.04. The number of rotatable bonds is 3. The zero-order valence-electron chi connectivity index (χ0n) is 17.6. The molecular formula is C20H21F3N8O2. The van der Waals surface area contributed by atoms with Gasteiger partial charge in [0.15, 0.2) is 5.82 Å². The second-order valence-electron chi connectivity index (χ2n) is 7.31. The van der Waals surface area contributed by atoms with E-state index in [2.05, 4.69) is 35.5 Å². The Kier molecular flexibility index (Phi) is 6.29. The van der Waals surface area contributed by atoms with Crippen LogP contribution in [0.5, 0.6) is 0 Å². The fourth-order valence-electron chi connectivity index (χ4n) is 3.90. The molecule has 0 saturated carbocycles. The van der Waals surface area contributed by atoms with E-state index in [1.807, 2.05) is 19.1 Å². The van der Waals surface area contributed by atoms with Crippen LogP contribution in [0.4, 0.5) is 35.4 Å². The second kappa shape index (κ2) is 9.30. The van der Waals surface area contributed by atoms with Gasteiger partial charge in [-0.2, -0.15) is 18.2 Å². The first-order valence-electron chi connectivity index (χ1n) is 10.2. The van der Waals surface area contributed by atoms with Crippen molar-refractivity contribution in [2.24, 2.45) is 0 Å². The summed E-state index contributed by atoms with van der Waals surface area (Å²) >= 11 is 0. The number of carbonyl (C=O) groups is 2. The van der Waals surface area contributed by atoms with Crippen molar-refractivity contribution in [2.45, 2.75) is 26.1 Å². The summed E-state index contributed by atoms with van der Waals surface area (Å²) in [6.07, 6.45) is 4.25. The molecule has 174 valence electrons. The monoisotopic (exact) mass is 462 g/mol. The van der Waals surface area contributed by atoms with Gasteiger partial charge in [0.25, 0.3) is 5.91 Å². The highest BCUT2D eigenvalue weighted by Crippen LogP contribution is 2.39. The Hall–Kier alpha value is -3.90. The molecule has 2 aliphatic rings.